The van der Waals surface area contributed by atoms with Gasteiger partial charge in [0, 0.05) is 17.3 Å². The molecule has 0 radical (unpaired) electrons. The molecule has 0 fully saturated rings. The Morgan fingerprint density at radius 1 is 1.12 bits per heavy atom. The Morgan fingerprint density at radius 2 is 1.75 bits per heavy atom. The second kappa shape index (κ2) is 9.32. The van der Waals surface area contributed by atoms with E-state index in [1.54, 1.807) is 11.8 Å². The molecule has 0 heterocycles. The number of nitrogens with one attached hydrogen (secondary N) is 1. The highest BCUT2D eigenvalue weighted by Gasteiger charge is 2.16. The molecule has 0 amide bonds. The van der Waals surface area contributed by atoms with Gasteiger partial charge in [-0.2, -0.15) is 11.8 Å². The molecule has 0 bridgehead atoms. The molecule has 3 unspecified atom stereocenters. The summed E-state index contributed by atoms with van der Waals surface area (Å²) in [6.07, 6.45) is 5.89. The van der Waals surface area contributed by atoms with Gasteiger partial charge in [0.05, 0.1) is 6.61 Å². The van der Waals surface area contributed by atoms with Crippen LogP contribution in [0.3, 0.4) is 0 Å². The highest BCUT2D eigenvalue weighted by Crippen LogP contribution is 2.13. The van der Waals surface area contributed by atoms with E-state index in [2.05, 4.69) is 39.3 Å². The smallest absolute Gasteiger partial charge is 0.0564 e. The second-order valence-corrected chi connectivity index (χ2v) is 6.21. The summed E-state index contributed by atoms with van der Waals surface area (Å²) in [5.41, 5.74) is 0. The Hall–Kier alpha value is 0.270. The van der Waals surface area contributed by atoms with Crippen molar-refractivity contribution in [2.45, 2.75) is 64.3 Å². The minimum Gasteiger partial charge on any atom is -0.395 e. The molecule has 3 heteroatoms. The molecular weight excluding hydrogens is 218 g/mol. The van der Waals surface area contributed by atoms with Gasteiger partial charge >= 0.3 is 0 Å². The van der Waals surface area contributed by atoms with Crippen molar-refractivity contribution in [1.29, 1.82) is 0 Å². The molecule has 0 aliphatic rings. The Bertz CT molecular complexity index is 160. The predicted molar refractivity (Wildman–Crippen MR) is 75.1 cm³/mol. The van der Waals surface area contributed by atoms with Crippen LogP contribution < -0.4 is 5.32 Å². The van der Waals surface area contributed by atoms with Crippen molar-refractivity contribution in [2.24, 2.45) is 5.92 Å². The minimum atomic E-state index is 0.258. The average Bonchev–Trinajstić information content (AvgIpc) is 2.18. The molecule has 98 valence electrons. The fourth-order valence-corrected chi connectivity index (χ4v) is 2.54. The van der Waals surface area contributed by atoms with Gasteiger partial charge in [-0.05, 0) is 32.4 Å². The maximum atomic E-state index is 9.20. The van der Waals surface area contributed by atoms with Gasteiger partial charge < -0.3 is 10.4 Å². The van der Waals surface area contributed by atoms with Crippen molar-refractivity contribution < 1.29 is 5.11 Å². The molecule has 0 aromatic heterocycles. The van der Waals surface area contributed by atoms with Crippen LogP contribution in [0.4, 0.5) is 0 Å². The van der Waals surface area contributed by atoms with E-state index in [4.69, 9.17) is 0 Å². The molecule has 2 nitrogen and oxygen atoms in total. The molecule has 0 rings (SSSR count). The molecule has 16 heavy (non-hydrogen) atoms. The second-order valence-electron chi connectivity index (χ2n) is 5.14. The SMILES string of the molecule is CSC(CO)C(C)NC(C)CCCC(C)C. The van der Waals surface area contributed by atoms with Gasteiger partial charge in [-0.15, -0.1) is 0 Å². The number of rotatable bonds is 9. The summed E-state index contributed by atoms with van der Waals surface area (Å²) in [6, 6.07) is 0.934. The van der Waals surface area contributed by atoms with Gasteiger partial charge in [-0.3, -0.25) is 0 Å². The molecule has 0 saturated heterocycles. The monoisotopic (exact) mass is 247 g/mol. The van der Waals surface area contributed by atoms with E-state index in [0.29, 0.717) is 17.3 Å². The highest BCUT2D eigenvalue weighted by atomic mass is 32.2. The number of aliphatic hydroxyl groups excluding tert-OH is 1. The van der Waals surface area contributed by atoms with Crippen molar-refractivity contribution in [2.75, 3.05) is 12.9 Å². The summed E-state index contributed by atoms with van der Waals surface area (Å²) < 4.78 is 0. The Kier molecular flexibility index (Phi) is 9.47. The van der Waals surface area contributed by atoms with Crippen LogP contribution in [0, 0.1) is 5.92 Å². The van der Waals surface area contributed by atoms with Crippen LogP contribution in [0.2, 0.25) is 0 Å². The summed E-state index contributed by atoms with van der Waals surface area (Å²) in [5, 5.41) is 13.1. The lowest BCUT2D eigenvalue weighted by molar-refractivity contribution is 0.269. The van der Waals surface area contributed by atoms with Crippen LogP contribution in [0.25, 0.3) is 0 Å². The number of aliphatic hydroxyl groups is 1. The zero-order valence-corrected chi connectivity index (χ0v) is 12.3. The standard InChI is InChI=1S/C13H29NOS/c1-10(2)7-6-8-11(3)14-12(4)13(9-15)16-5/h10-15H,6-9H2,1-5H3. The summed E-state index contributed by atoms with van der Waals surface area (Å²) in [7, 11) is 0. The van der Waals surface area contributed by atoms with E-state index in [1.807, 2.05) is 0 Å². The zero-order chi connectivity index (χ0) is 12.6. The molecular formula is C13H29NOS. The average molecular weight is 247 g/mol. The van der Waals surface area contributed by atoms with E-state index in [9.17, 15) is 5.11 Å². The summed E-state index contributed by atoms with van der Waals surface area (Å²) in [5.74, 6) is 0.806. The lowest BCUT2D eigenvalue weighted by Gasteiger charge is -2.25. The summed E-state index contributed by atoms with van der Waals surface area (Å²) >= 11 is 1.74. The molecule has 0 aliphatic heterocycles. The molecule has 3 atom stereocenters. The molecule has 2 N–H and O–H groups in total. The highest BCUT2D eigenvalue weighted by molar-refractivity contribution is 7.99. The number of thioether (sulfide) groups is 1. The van der Waals surface area contributed by atoms with Gasteiger partial charge in [0.2, 0.25) is 0 Å². The van der Waals surface area contributed by atoms with Crippen molar-refractivity contribution >= 4 is 11.8 Å². The first-order valence-corrected chi connectivity index (χ1v) is 7.69. The Labute approximate surface area is 106 Å². The normalized spacial score (nSPS) is 17.4. The number of hydrogen-bond acceptors (Lipinski definition) is 3. The maximum absolute atomic E-state index is 9.20. The van der Waals surface area contributed by atoms with Crippen LogP contribution in [-0.4, -0.2) is 35.3 Å². The first-order valence-electron chi connectivity index (χ1n) is 6.41. The van der Waals surface area contributed by atoms with Crippen LogP contribution in [0.15, 0.2) is 0 Å². The minimum absolute atomic E-state index is 0.258. The van der Waals surface area contributed by atoms with Crippen LogP contribution in [0.5, 0.6) is 0 Å². The number of hydrogen-bond donors (Lipinski definition) is 2. The molecule has 0 aliphatic carbocycles. The van der Waals surface area contributed by atoms with Crippen LogP contribution in [0.1, 0.15) is 47.0 Å². The van der Waals surface area contributed by atoms with Crippen molar-refractivity contribution in [3.8, 4) is 0 Å². The third-order valence-electron chi connectivity index (χ3n) is 3.01. The molecule has 0 aromatic rings. The van der Waals surface area contributed by atoms with E-state index in [-0.39, 0.29) is 6.61 Å². The quantitative estimate of drug-likeness (QED) is 0.657. The van der Waals surface area contributed by atoms with Crippen molar-refractivity contribution in [3.05, 3.63) is 0 Å². The van der Waals surface area contributed by atoms with Gasteiger partial charge in [0.25, 0.3) is 0 Å². The van der Waals surface area contributed by atoms with E-state index in [1.165, 1.54) is 19.3 Å². The zero-order valence-electron chi connectivity index (χ0n) is 11.5. The molecule has 0 saturated carbocycles. The molecule has 0 spiro atoms. The van der Waals surface area contributed by atoms with Crippen molar-refractivity contribution in [1.82, 2.24) is 5.32 Å². The Balaban J connectivity index is 3.72. The van der Waals surface area contributed by atoms with Gasteiger partial charge in [-0.1, -0.05) is 26.7 Å². The fourth-order valence-electron chi connectivity index (χ4n) is 1.91. The predicted octanol–water partition coefficient (Wildman–Crippen LogP) is 2.90. The third-order valence-corrected chi connectivity index (χ3v) is 4.17. The summed E-state index contributed by atoms with van der Waals surface area (Å²) in [6.45, 7) is 9.21. The first-order chi connectivity index (χ1) is 7.51. The third kappa shape index (κ3) is 7.53. The summed E-state index contributed by atoms with van der Waals surface area (Å²) in [4.78, 5) is 0. The largest absolute Gasteiger partial charge is 0.395 e. The van der Waals surface area contributed by atoms with Gasteiger partial charge in [0.1, 0.15) is 0 Å². The van der Waals surface area contributed by atoms with E-state index < -0.39 is 0 Å². The molecule has 0 aromatic carbocycles. The lowest BCUT2D eigenvalue weighted by atomic mass is 10.0. The Morgan fingerprint density at radius 3 is 2.19 bits per heavy atom. The fraction of sp³-hybridized carbons (Fsp3) is 1.00. The van der Waals surface area contributed by atoms with E-state index in [0.717, 1.165) is 5.92 Å². The maximum Gasteiger partial charge on any atom is 0.0564 e. The van der Waals surface area contributed by atoms with Gasteiger partial charge in [-0.25, -0.2) is 0 Å². The topological polar surface area (TPSA) is 32.3 Å². The first kappa shape index (κ1) is 16.3. The van der Waals surface area contributed by atoms with Crippen molar-refractivity contribution in [3.63, 3.8) is 0 Å². The van der Waals surface area contributed by atoms with Crippen LogP contribution >= 0.6 is 11.8 Å². The van der Waals surface area contributed by atoms with E-state index >= 15 is 0 Å². The lowest BCUT2D eigenvalue weighted by Crippen LogP contribution is -2.42. The van der Waals surface area contributed by atoms with Crippen LogP contribution in [-0.2, 0) is 0 Å². The van der Waals surface area contributed by atoms with Gasteiger partial charge in [0.15, 0.2) is 0 Å².